The lowest BCUT2D eigenvalue weighted by molar-refractivity contribution is -0.122. The van der Waals surface area contributed by atoms with Gasteiger partial charge in [0.05, 0.1) is 6.04 Å². The third-order valence-electron chi connectivity index (χ3n) is 3.50. The average molecular weight is 182 g/mol. The lowest BCUT2D eigenvalue weighted by Crippen LogP contribution is -2.43. The van der Waals surface area contributed by atoms with E-state index in [0.29, 0.717) is 11.7 Å². The van der Waals surface area contributed by atoms with Crippen molar-refractivity contribution >= 4 is 5.78 Å². The Morgan fingerprint density at radius 1 is 1.54 bits per heavy atom. The van der Waals surface area contributed by atoms with Crippen LogP contribution in [0, 0.1) is 11.8 Å². The van der Waals surface area contributed by atoms with Crippen LogP contribution in [-0.4, -0.2) is 43.4 Å². The number of carbonyl (C=O) groups excluding carboxylic acids is 1. The number of carbonyl (C=O) groups is 1. The van der Waals surface area contributed by atoms with E-state index in [0.717, 1.165) is 25.6 Å². The first-order chi connectivity index (χ1) is 6.20. The molecular weight excluding hydrogens is 164 g/mol. The SMILES string of the molecule is CC(=O)C1C2CNCCC2CN1C. The van der Waals surface area contributed by atoms with Crippen LogP contribution >= 0.6 is 0 Å². The lowest BCUT2D eigenvalue weighted by Gasteiger charge is -2.28. The van der Waals surface area contributed by atoms with Gasteiger partial charge >= 0.3 is 0 Å². The highest BCUT2D eigenvalue weighted by atomic mass is 16.1. The molecule has 3 unspecified atom stereocenters. The van der Waals surface area contributed by atoms with Gasteiger partial charge in [-0.15, -0.1) is 0 Å². The molecule has 0 bridgehead atoms. The number of fused-ring (bicyclic) bond motifs is 1. The number of hydrogen-bond acceptors (Lipinski definition) is 3. The second-order valence-corrected chi connectivity index (χ2v) is 4.41. The van der Waals surface area contributed by atoms with Crippen molar-refractivity contribution in [1.82, 2.24) is 10.2 Å². The molecule has 0 saturated carbocycles. The van der Waals surface area contributed by atoms with Gasteiger partial charge in [-0.25, -0.2) is 0 Å². The maximum atomic E-state index is 11.4. The molecule has 0 aromatic rings. The molecule has 1 N–H and O–H groups in total. The van der Waals surface area contributed by atoms with Gasteiger partial charge in [0.1, 0.15) is 5.78 Å². The molecule has 2 rings (SSSR count). The van der Waals surface area contributed by atoms with E-state index in [1.165, 1.54) is 6.42 Å². The summed E-state index contributed by atoms with van der Waals surface area (Å²) < 4.78 is 0. The van der Waals surface area contributed by atoms with Crippen LogP contribution in [0.4, 0.5) is 0 Å². The number of rotatable bonds is 1. The van der Waals surface area contributed by atoms with E-state index < -0.39 is 0 Å². The van der Waals surface area contributed by atoms with Gasteiger partial charge in [0.15, 0.2) is 0 Å². The first-order valence-corrected chi connectivity index (χ1v) is 5.11. The maximum Gasteiger partial charge on any atom is 0.147 e. The highest BCUT2D eigenvalue weighted by Crippen LogP contribution is 2.32. The molecule has 13 heavy (non-hydrogen) atoms. The molecule has 0 spiro atoms. The number of Topliss-reactive ketones (excluding diaryl/α,β-unsaturated/α-hetero) is 1. The van der Waals surface area contributed by atoms with Crippen molar-refractivity contribution in [2.45, 2.75) is 19.4 Å². The van der Waals surface area contributed by atoms with E-state index >= 15 is 0 Å². The number of nitrogens with zero attached hydrogens (tertiary/aromatic N) is 1. The first kappa shape index (κ1) is 9.16. The maximum absolute atomic E-state index is 11.4. The van der Waals surface area contributed by atoms with Crippen molar-refractivity contribution in [3.63, 3.8) is 0 Å². The summed E-state index contributed by atoms with van der Waals surface area (Å²) in [5.41, 5.74) is 0. The van der Waals surface area contributed by atoms with Crippen LogP contribution in [0.2, 0.25) is 0 Å². The van der Waals surface area contributed by atoms with E-state index in [1.54, 1.807) is 6.92 Å². The molecule has 3 nitrogen and oxygen atoms in total. The Kier molecular flexibility index (Phi) is 2.39. The minimum absolute atomic E-state index is 0.179. The van der Waals surface area contributed by atoms with Crippen molar-refractivity contribution < 1.29 is 4.79 Å². The zero-order chi connectivity index (χ0) is 9.42. The summed E-state index contributed by atoms with van der Waals surface area (Å²) >= 11 is 0. The standard InChI is InChI=1S/C10H18N2O/c1-7(13)10-9-5-11-4-3-8(9)6-12(10)2/h8-11H,3-6H2,1-2H3. The monoisotopic (exact) mass is 182 g/mol. The predicted octanol–water partition coefficient (Wildman–Crippen LogP) is 0.115. The topological polar surface area (TPSA) is 32.3 Å². The van der Waals surface area contributed by atoms with Crippen LogP contribution in [-0.2, 0) is 4.79 Å². The van der Waals surface area contributed by atoms with Gasteiger partial charge in [-0.2, -0.15) is 0 Å². The van der Waals surface area contributed by atoms with Crippen LogP contribution in [0.15, 0.2) is 0 Å². The molecule has 3 heteroatoms. The van der Waals surface area contributed by atoms with E-state index in [-0.39, 0.29) is 6.04 Å². The fourth-order valence-electron chi connectivity index (χ4n) is 2.96. The molecule has 0 radical (unpaired) electrons. The van der Waals surface area contributed by atoms with Crippen molar-refractivity contribution in [3.8, 4) is 0 Å². The lowest BCUT2D eigenvalue weighted by atomic mass is 9.84. The molecule has 2 fully saturated rings. The highest BCUT2D eigenvalue weighted by molar-refractivity contribution is 5.82. The minimum Gasteiger partial charge on any atom is -0.316 e. The summed E-state index contributed by atoms with van der Waals surface area (Å²) in [5.74, 6) is 1.65. The molecule has 2 aliphatic rings. The fraction of sp³-hybridized carbons (Fsp3) is 0.900. The van der Waals surface area contributed by atoms with Crippen LogP contribution in [0.5, 0.6) is 0 Å². The predicted molar refractivity (Wildman–Crippen MR) is 51.6 cm³/mol. The number of ketones is 1. The molecule has 2 saturated heterocycles. The molecule has 0 aromatic heterocycles. The van der Waals surface area contributed by atoms with Crippen LogP contribution < -0.4 is 5.32 Å². The van der Waals surface area contributed by atoms with E-state index in [9.17, 15) is 4.79 Å². The molecule has 0 aliphatic carbocycles. The van der Waals surface area contributed by atoms with Gasteiger partial charge in [-0.1, -0.05) is 0 Å². The third-order valence-corrected chi connectivity index (χ3v) is 3.50. The minimum atomic E-state index is 0.179. The average Bonchev–Trinajstić information content (AvgIpc) is 2.39. The highest BCUT2D eigenvalue weighted by Gasteiger charge is 2.42. The second kappa shape index (κ2) is 3.39. The van der Waals surface area contributed by atoms with E-state index in [1.807, 2.05) is 0 Å². The smallest absolute Gasteiger partial charge is 0.147 e. The van der Waals surface area contributed by atoms with Gasteiger partial charge in [0.25, 0.3) is 0 Å². The molecule has 2 aliphatic heterocycles. The largest absolute Gasteiger partial charge is 0.316 e. The second-order valence-electron chi connectivity index (χ2n) is 4.41. The quantitative estimate of drug-likeness (QED) is 0.625. The Labute approximate surface area is 79.5 Å². The van der Waals surface area contributed by atoms with Crippen LogP contribution in [0.25, 0.3) is 0 Å². The van der Waals surface area contributed by atoms with Gasteiger partial charge in [0, 0.05) is 13.1 Å². The molecule has 74 valence electrons. The number of hydrogen-bond donors (Lipinski definition) is 1. The normalized spacial score (nSPS) is 40.3. The van der Waals surface area contributed by atoms with Gasteiger partial charge in [-0.05, 0) is 38.8 Å². The van der Waals surface area contributed by atoms with E-state index in [2.05, 4.69) is 17.3 Å². The van der Waals surface area contributed by atoms with Gasteiger partial charge < -0.3 is 5.32 Å². The summed E-state index contributed by atoms with van der Waals surface area (Å²) in [6.07, 6.45) is 1.23. The summed E-state index contributed by atoms with van der Waals surface area (Å²) in [5, 5.41) is 3.38. The van der Waals surface area contributed by atoms with Crippen molar-refractivity contribution in [1.29, 1.82) is 0 Å². The first-order valence-electron chi connectivity index (χ1n) is 5.11. The Bertz CT molecular complexity index is 217. The van der Waals surface area contributed by atoms with Gasteiger partial charge in [0.2, 0.25) is 0 Å². The fourth-order valence-corrected chi connectivity index (χ4v) is 2.96. The number of nitrogens with one attached hydrogen (secondary N) is 1. The number of piperidine rings is 1. The molecular formula is C10H18N2O. The third kappa shape index (κ3) is 1.51. The molecule has 2 heterocycles. The Morgan fingerprint density at radius 2 is 2.31 bits per heavy atom. The molecule has 3 atom stereocenters. The van der Waals surface area contributed by atoms with Crippen molar-refractivity contribution in [3.05, 3.63) is 0 Å². The van der Waals surface area contributed by atoms with E-state index in [4.69, 9.17) is 0 Å². The zero-order valence-corrected chi connectivity index (χ0v) is 8.42. The van der Waals surface area contributed by atoms with Gasteiger partial charge in [-0.3, -0.25) is 9.69 Å². The summed E-state index contributed by atoms with van der Waals surface area (Å²) in [6, 6.07) is 0.179. The summed E-state index contributed by atoms with van der Waals surface area (Å²) in [6.45, 7) is 4.98. The van der Waals surface area contributed by atoms with Crippen molar-refractivity contribution in [2.24, 2.45) is 11.8 Å². The van der Waals surface area contributed by atoms with Crippen molar-refractivity contribution in [2.75, 3.05) is 26.7 Å². The summed E-state index contributed by atoms with van der Waals surface area (Å²) in [4.78, 5) is 13.7. The Morgan fingerprint density at radius 3 is 3.00 bits per heavy atom. The van der Waals surface area contributed by atoms with Crippen LogP contribution in [0.3, 0.4) is 0 Å². The Balaban J connectivity index is 2.13. The molecule has 0 amide bonds. The number of likely N-dealkylation sites (tertiary alicyclic amines) is 1. The number of likely N-dealkylation sites (N-methyl/N-ethyl adjacent to an activating group) is 1. The Hall–Kier alpha value is -0.410. The summed E-state index contributed by atoms with van der Waals surface area (Å²) in [7, 11) is 2.07. The molecule has 0 aromatic carbocycles. The zero-order valence-electron chi connectivity index (χ0n) is 8.42. The van der Waals surface area contributed by atoms with Crippen LogP contribution in [0.1, 0.15) is 13.3 Å².